The van der Waals surface area contributed by atoms with Gasteiger partial charge in [-0.2, -0.15) is 0 Å². The first-order chi connectivity index (χ1) is 12.5. The summed E-state index contributed by atoms with van der Waals surface area (Å²) in [5, 5.41) is 6.60. The fourth-order valence-corrected chi connectivity index (χ4v) is 2.32. The number of guanidine groups is 1. The van der Waals surface area contributed by atoms with Crippen LogP contribution in [0.5, 0.6) is 0 Å². The van der Waals surface area contributed by atoms with Crippen LogP contribution in [0.3, 0.4) is 0 Å². The predicted octanol–water partition coefficient (Wildman–Crippen LogP) is 0.623. The average Bonchev–Trinajstić information content (AvgIpc) is 2.62. The number of amides is 1. The van der Waals surface area contributed by atoms with Gasteiger partial charge in [-0.1, -0.05) is 13.8 Å². The van der Waals surface area contributed by atoms with Gasteiger partial charge < -0.3 is 25.0 Å². The van der Waals surface area contributed by atoms with E-state index < -0.39 is 0 Å². The number of carbonyl (C=O) groups is 1. The summed E-state index contributed by atoms with van der Waals surface area (Å²) < 4.78 is 10.9. The van der Waals surface area contributed by atoms with E-state index in [1.807, 2.05) is 0 Å². The van der Waals surface area contributed by atoms with Crippen molar-refractivity contribution in [2.24, 2.45) is 10.9 Å². The highest BCUT2D eigenvalue weighted by Crippen LogP contribution is 1.95. The molecular weight excluding hydrogens is 461 g/mol. The van der Waals surface area contributed by atoms with E-state index in [-0.39, 0.29) is 36.4 Å². The Morgan fingerprint density at radius 2 is 1.89 bits per heavy atom. The number of ether oxygens (including phenoxy) is 2. The molecule has 0 aromatic carbocycles. The van der Waals surface area contributed by atoms with Gasteiger partial charge in [-0.15, -0.1) is 24.0 Å². The highest BCUT2D eigenvalue weighted by molar-refractivity contribution is 14.0. The van der Waals surface area contributed by atoms with Crippen LogP contribution in [0.1, 0.15) is 20.3 Å². The van der Waals surface area contributed by atoms with E-state index in [9.17, 15) is 4.79 Å². The molecule has 0 aromatic heterocycles. The molecule has 0 saturated carbocycles. The minimum absolute atomic E-state index is 0. The van der Waals surface area contributed by atoms with E-state index in [0.29, 0.717) is 11.9 Å². The number of likely N-dealkylation sites (N-methyl/N-ethyl adjacent to an activating group) is 1. The van der Waals surface area contributed by atoms with Gasteiger partial charge in [0.25, 0.3) is 0 Å². The highest BCUT2D eigenvalue weighted by Gasteiger charge is 2.10. The van der Waals surface area contributed by atoms with Crippen LogP contribution in [0, 0.1) is 5.92 Å². The summed E-state index contributed by atoms with van der Waals surface area (Å²) in [5.74, 6) is 1.22. The Kier molecular flexibility index (Phi) is 15.9. The van der Waals surface area contributed by atoms with Gasteiger partial charge in [-0.05, 0) is 12.3 Å². The summed E-state index contributed by atoms with van der Waals surface area (Å²) in [6.07, 6.45) is 0.901. The normalized spacial score (nSPS) is 15.4. The molecule has 0 atom stereocenters. The number of carbonyl (C=O) groups excluding carboxylic acids is 1. The standard InChI is InChI=1S/C18H37N5O3.HI/c1-16(2)15-26-11-5-6-19-18(21-14-17(24)22(3)4)20-7-8-23-9-12-25-13-10-23;/h16H,5-15H2,1-4H3,(H2,19,20,21);1H. The molecule has 1 saturated heterocycles. The van der Waals surface area contributed by atoms with Crippen LogP contribution in [-0.4, -0.2) is 101 Å². The Bertz CT molecular complexity index is 416. The molecule has 0 radical (unpaired) electrons. The van der Waals surface area contributed by atoms with Crippen LogP contribution < -0.4 is 10.6 Å². The van der Waals surface area contributed by atoms with Gasteiger partial charge in [-0.25, -0.2) is 4.99 Å². The van der Waals surface area contributed by atoms with E-state index in [1.54, 1.807) is 19.0 Å². The van der Waals surface area contributed by atoms with Crippen LogP contribution in [0.15, 0.2) is 4.99 Å². The summed E-state index contributed by atoms with van der Waals surface area (Å²) >= 11 is 0. The Labute approximate surface area is 181 Å². The highest BCUT2D eigenvalue weighted by atomic mass is 127. The third kappa shape index (κ3) is 14.1. The predicted molar refractivity (Wildman–Crippen MR) is 120 cm³/mol. The fourth-order valence-electron chi connectivity index (χ4n) is 2.32. The number of aliphatic imine (C=N–C) groups is 1. The van der Waals surface area contributed by atoms with Crippen molar-refractivity contribution in [3.8, 4) is 0 Å². The molecule has 0 spiro atoms. The summed E-state index contributed by atoms with van der Waals surface area (Å²) in [6, 6.07) is 0. The molecule has 2 N–H and O–H groups in total. The second kappa shape index (κ2) is 16.3. The molecule has 1 aliphatic rings. The van der Waals surface area contributed by atoms with Gasteiger partial charge >= 0.3 is 0 Å². The molecular formula is C18H38IN5O3. The number of nitrogens with one attached hydrogen (secondary N) is 2. The molecule has 1 rings (SSSR count). The fraction of sp³-hybridized carbons (Fsp3) is 0.889. The second-order valence-corrected chi connectivity index (χ2v) is 7.08. The lowest BCUT2D eigenvalue weighted by atomic mass is 10.2. The van der Waals surface area contributed by atoms with E-state index in [0.717, 1.165) is 65.6 Å². The Morgan fingerprint density at radius 3 is 2.52 bits per heavy atom. The first-order valence-electron chi connectivity index (χ1n) is 9.59. The molecule has 1 fully saturated rings. The third-order valence-corrected chi connectivity index (χ3v) is 3.90. The smallest absolute Gasteiger partial charge is 0.243 e. The Balaban J connectivity index is 0.00000676. The first kappa shape index (κ1) is 26.4. The average molecular weight is 499 g/mol. The summed E-state index contributed by atoms with van der Waals surface area (Å²) in [4.78, 5) is 20.1. The van der Waals surface area contributed by atoms with Crippen LogP contribution >= 0.6 is 24.0 Å². The maximum atomic E-state index is 11.8. The number of hydrogen-bond acceptors (Lipinski definition) is 5. The zero-order valence-corrected chi connectivity index (χ0v) is 19.7. The topological polar surface area (TPSA) is 78.4 Å². The molecule has 0 unspecified atom stereocenters. The maximum absolute atomic E-state index is 11.8. The van der Waals surface area contributed by atoms with E-state index in [2.05, 4.69) is 34.4 Å². The number of nitrogens with zero attached hydrogens (tertiary/aromatic N) is 3. The third-order valence-electron chi connectivity index (χ3n) is 3.90. The largest absolute Gasteiger partial charge is 0.381 e. The van der Waals surface area contributed by atoms with E-state index >= 15 is 0 Å². The Morgan fingerprint density at radius 1 is 1.22 bits per heavy atom. The zero-order valence-electron chi connectivity index (χ0n) is 17.3. The van der Waals surface area contributed by atoms with Gasteiger partial charge in [0, 0.05) is 60.0 Å². The quantitative estimate of drug-likeness (QED) is 0.188. The van der Waals surface area contributed by atoms with Gasteiger partial charge in [-0.3, -0.25) is 9.69 Å². The summed E-state index contributed by atoms with van der Waals surface area (Å²) in [7, 11) is 3.48. The molecule has 1 amide bonds. The van der Waals surface area contributed by atoms with Gasteiger partial charge in [0.2, 0.25) is 5.91 Å². The monoisotopic (exact) mass is 499 g/mol. The zero-order chi connectivity index (χ0) is 19.2. The molecule has 27 heavy (non-hydrogen) atoms. The lowest BCUT2D eigenvalue weighted by molar-refractivity contribution is -0.127. The van der Waals surface area contributed by atoms with Crippen molar-refractivity contribution in [1.29, 1.82) is 0 Å². The molecule has 0 aromatic rings. The van der Waals surface area contributed by atoms with Crippen molar-refractivity contribution in [2.45, 2.75) is 20.3 Å². The van der Waals surface area contributed by atoms with Crippen molar-refractivity contribution in [3.05, 3.63) is 0 Å². The molecule has 0 aliphatic carbocycles. The molecule has 8 nitrogen and oxygen atoms in total. The first-order valence-corrected chi connectivity index (χ1v) is 9.59. The van der Waals surface area contributed by atoms with Gasteiger partial charge in [0.15, 0.2) is 5.96 Å². The number of hydrogen-bond donors (Lipinski definition) is 2. The van der Waals surface area contributed by atoms with Crippen LogP contribution in [0.2, 0.25) is 0 Å². The van der Waals surface area contributed by atoms with Gasteiger partial charge in [0.1, 0.15) is 6.54 Å². The van der Waals surface area contributed by atoms with Crippen molar-refractivity contribution < 1.29 is 14.3 Å². The number of morpholine rings is 1. The van der Waals surface area contributed by atoms with Crippen molar-refractivity contribution in [3.63, 3.8) is 0 Å². The van der Waals surface area contributed by atoms with Crippen LogP contribution in [-0.2, 0) is 14.3 Å². The second-order valence-electron chi connectivity index (χ2n) is 7.08. The molecule has 9 heteroatoms. The van der Waals surface area contributed by atoms with Crippen molar-refractivity contribution >= 4 is 35.8 Å². The number of halogens is 1. The summed E-state index contributed by atoms with van der Waals surface area (Å²) in [6.45, 7) is 11.9. The van der Waals surface area contributed by atoms with Crippen LogP contribution in [0.25, 0.3) is 0 Å². The molecule has 160 valence electrons. The minimum atomic E-state index is -0.0143. The van der Waals surface area contributed by atoms with Gasteiger partial charge in [0.05, 0.1) is 13.2 Å². The molecule has 0 bridgehead atoms. The lowest BCUT2D eigenvalue weighted by Gasteiger charge is -2.26. The van der Waals surface area contributed by atoms with Crippen molar-refractivity contribution in [1.82, 2.24) is 20.4 Å². The lowest BCUT2D eigenvalue weighted by Crippen LogP contribution is -2.45. The Hall–Kier alpha value is -0.650. The minimum Gasteiger partial charge on any atom is -0.381 e. The van der Waals surface area contributed by atoms with Crippen LogP contribution in [0.4, 0.5) is 0 Å². The molecule has 1 heterocycles. The maximum Gasteiger partial charge on any atom is 0.243 e. The van der Waals surface area contributed by atoms with Crippen molar-refractivity contribution in [2.75, 3.05) is 79.8 Å². The van der Waals surface area contributed by atoms with E-state index in [4.69, 9.17) is 9.47 Å². The molecule has 1 aliphatic heterocycles. The number of rotatable bonds is 11. The summed E-state index contributed by atoms with van der Waals surface area (Å²) in [5.41, 5.74) is 0. The van der Waals surface area contributed by atoms with E-state index in [1.165, 1.54) is 0 Å². The SMILES string of the molecule is CC(C)COCCCNC(=NCC(=O)N(C)C)NCCN1CCOCC1.I.